The molecule has 0 aromatic heterocycles. The maximum Gasteiger partial charge on any atom is 5.00 e. The average Bonchev–Trinajstić information content (AvgIpc) is 0. The van der Waals surface area contributed by atoms with Crippen LogP contribution in [0.3, 0.4) is 0 Å². The van der Waals surface area contributed by atoms with Crippen LogP contribution in [0.4, 0.5) is 0 Å². The first-order valence-electron chi connectivity index (χ1n) is 0. The van der Waals surface area contributed by atoms with Gasteiger partial charge >= 0.3 is 24.4 Å². The smallest absolute Gasteiger partial charge is 1.00 e. The van der Waals surface area contributed by atoms with Crippen LogP contribution in [0.5, 0.6) is 0 Å². The minimum atomic E-state index is 0. The number of halogens is 5. The quantitative estimate of drug-likeness (QED) is 0.382. The van der Waals surface area contributed by atoms with Crippen molar-refractivity contribution in [3.05, 3.63) is 0 Å². The molecule has 0 bridgehead atoms. The molecule has 0 amide bonds. The van der Waals surface area contributed by atoms with Crippen molar-refractivity contribution in [1.82, 2.24) is 0 Å². The molecule has 0 fully saturated rings. The van der Waals surface area contributed by atoms with Crippen LogP contribution in [0, 0.1) is 0 Å². The minimum Gasteiger partial charge on any atom is -1.00 e. The molecule has 0 saturated heterocycles. The summed E-state index contributed by atoms with van der Waals surface area (Å²) in [6.07, 6.45) is 0. The van der Waals surface area contributed by atoms with Crippen molar-refractivity contribution in [2.75, 3.05) is 0 Å². The zero-order valence-electron chi connectivity index (χ0n) is 2.34. The van der Waals surface area contributed by atoms with Gasteiger partial charge in [0.15, 0.2) is 0 Å². The summed E-state index contributed by atoms with van der Waals surface area (Å²) in [6.45, 7) is 0. The second-order valence-corrected chi connectivity index (χ2v) is 0. The van der Waals surface area contributed by atoms with Crippen molar-refractivity contribution in [1.29, 1.82) is 0 Å². The monoisotopic (exact) mass is 264 g/mol. The molecule has 0 aliphatic heterocycles. The van der Waals surface area contributed by atoms with Crippen LogP contribution in [0.1, 0.15) is 0 Å². The third kappa shape index (κ3) is 47.9. The fourth-order valence-electron chi connectivity index (χ4n) is 0. The molecule has 0 atom stereocenters. The molecule has 0 spiro atoms. The Balaban J connectivity index is 0. The van der Waals surface area contributed by atoms with Crippen LogP contribution in [-0.2, 0) is 0 Å². The van der Waals surface area contributed by atoms with Gasteiger partial charge in [0.2, 0.25) is 0 Å². The van der Waals surface area contributed by atoms with Crippen molar-refractivity contribution >= 4 is 24.4 Å². The maximum atomic E-state index is 0. The number of rotatable bonds is 0. The van der Waals surface area contributed by atoms with Crippen molar-refractivity contribution in [2.24, 2.45) is 0 Å². The molecule has 0 rings (SSSR count). The van der Waals surface area contributed by atoms with Gasteiger partial charge in [0.05, 0.1) is 0 Å². The fourth-order valence-corrected chi connectivity index (χ4v) is 0. The van der Waals surface area contributed by atoms with Gasteiger partial charge in [-0.25, -0.2) is 0 Å². The van der Waals surface area contributed by atoms with Gasteiger partial charge in [0.25, 0.3) is 0 Å². The third-order valence-electron chi connectivity index (χ3n) is 0. The second-order valence-electron chi connectivity index (χ2n) is 0. The summed E-state index contributed by atoms with van der Waals surface area (Å²) in [5.41, 5.74) is 0. The van der Waals surface area contributed by atoms with E-state index in [9.17, 15) is 0 Å². The summed E-state index contributed by atoms with van der Waals surface area (Å²) in [4.78, 5) is 0. The van der Waals surface area contributed by atoms with E-state index in [0.29, 0.717) is 0 Å². The van der Waals surface area contributed by atoms with E-state index in [1.165, 1.54) is 0 Å². The second kappa shape index (κ2) is 84.1. The summed E-state index contributed by atoms with van der Waals surface area (Å²) in [7, 11) is 0. The van der Waals surface area contributed by atoms with E-state index in [-0.39, 0.29) is 71.1 Å². The molecule has 0 aliphatic carbocycles. The van der Waals surface area contributed by atoms with Gasteiger partial charge < -0.3 is 46.6 Å². The van der Waals surface area contributed by atoms with E-state index < -0.39 is 0 Å². The maximum absolute atomic E-state index is 0. The van der Waals surface area contributed by atoms with E-state index in [1.54, 1.807) is 0 Å². The van der Waals surface area contributed by atoms with Crippen LogP contribution in [0.15, 0.2) is 0 Å². The zero-order valence-corrected chi connectivity index (χ0v) is 7.16. The molecule has 6 heteroatoms. The van der Waals surface area contributed by atoms with Gasteiger partial charge in [-0.05, 0) is 0 Å². The third-order valence-corrected chi connectivity index (χ3v) is 0. The average molecular weight is 266 g/mol. The Morgan fingerprint density at radius 1 is 0.500 bits per heavy atom. The summed E-state index contributed by atoms with van der Waals surface area (Å²) in [5.74, 6) is 0. The largest absolute Gasteiger partial charge is 5.00 e. The van der Waals surface area contributed by atoms with Crippen LogP contribution in [0.2, 0.25) is 0 Å². The molecule has 0 N–H and O–H groups in total. The Bertz CT molecular complexity index is 8.75. The predicted octanol–water partition coefficient (Wildman–Crippen LogP) is -15.4. The van der Waals surface area contributed by atoms with E-state index in [2.05, 4.69) is 0 Å². The van der Waals surface area contributed by atoms with E-state index >= 15 is 0 Å². The van der Waals surface area contributed by atoms with Gasteiger partial charge in [0, 0.05) is 0 Å². The van der Waals surface area contributed by atoms with Gasteiger partial charge in [-0.15, -0.1) is 0 Å². The van der Waals surface area contributed by atoms with E-state index in [1.807, 2.05) is 0 Å². The van der Waals surface area contributed by atoms with Gasteiger partial charge in [-0.2, -0.15) is 0 Å². The fraction of sp³-hybridized carbons (Fsp3) is 0. The summed E-state index contributed by atoms with van der Waals surface area (Å²) >= 11 is 0. The molecule has 0 heterocycles. The van der Waals surface area contributed by atoms with Crippen LogP contribution >= 0.6 is 0 Å². The van der Waals surface area contributed by atoms with E-state index in [0.717, 1.165) is 0 Å². The Morgan fingerprint density at radius 3 is 0.500 bits per heavy atom. The standard InChI is InChI=1S/3ClH.2FH.Sb/h5*1H;/q;;;;;+5/p-5. The first-order chi connectivity index (χ1) is 0. The van der Waals surface area contributed by atoms with Crippen molar-refractivity contribution in [2.45, 2.75) is 0 Å². The molecule has 0 aromatic carbocycles. The van der Waals surface area contributed by atoms with Crippen molar-refractivity contribution < 1.29 is 46.6 Å². The Kier molecular flexibility index (Phi) is 1890. The molecular formula is Cl3F2Sb. The number of hydrogen-bond donors (Lipinski definition) is 0. The van der Waals surface area contributed by atoms with Crippen molar-refractivity contribution in [3.63, 3.8) is 0 Å². The predicted molar refractivity (Wildman–Crippen MR) is 5.75 cm³/mol. The van der Waals surface area contributed by atoms with Crippen LogP contribution in [-0.4, -0.2) is 24.4 Å². The molecule has 0 saturated carbocycles. The van der Waals surface area contributed by atoms with Crippen molar-refractivity contribution in [3.8, 4) is 0 Å². The molecule has 0 nitrogen and oxygen atoms in total. The normalized spacial score (nSPS) is 0. The molecule has 40 valence electrons. The Hall–Kier alpha value is 1.55. The zero-order chi connectivity index (χ0) is 0. The van der Waals surface area contributed by atoms with E-state index in [4.69, 9.17) is 0 Å². The summed E-state index contributed by atoms with van der Waals surface area (Å²) in [6, 6.07) is 0. The molecule has 6 heavy (non-hydrogen) atoms. The minimum absolute atomic E-state index is 0. The molecule has 0 aromatic rings. The summed E-state index contributed by atoms with van der Waals surface area (Å²) < 4.78 is 0. The van der Waals surface area contributed by atoms with Gasteiger partial charge in [0.1, 0.15) is 0 Å². The van der Waals surface area contributed by atoms with Gasteiger partial charge in [-0.3, -0.25) is 0 Å². The Labute approximate surface area is 70.9 Å². The van der Waals surface area contributed by atoms with Crippen LogP contribution < -0.4 is 46.6 Å². The molecule has 0 aliphatic rings. The topological polar surface area (TPSA) is 0 Å². The Morgan fingerprint density at radius 2 is 0.500 bits per heavy atom. The molecular weight excluding hydrogens is 266 g/mol. The SMILES string of the molecule is [Cl-].[Cl-].[Cl-].[F-].[F-].[Sb+5]. The summed E-state index contributed by atoms with van der Waals surface area (Å²) in [5, 5.41) is 0. The molecule has 0 radical (unpaired) electrons. The van der Waals surface area contributed by atoms with Crippen LogP contribution in [0.25, 0.3) is 0 Å². The number of hydrogen-bond acceptors (Lipinski definition) is 0. The van der Waals surface area contributed by atoms with Gasteiger partial charge in [-0.1, -0.05) is 0 Å². The molecule has 0 unspecified atom stereocenters. The first kappa shape index (κ1) is 135. The first-order valence-corrected chi connectivity index (χ1v) is 0.